The first kappa shape index (κ1) is 32.6. The van der Waals surface area contributed by atoms with Crippen LogP contribution in [-0.2, 0) is 21.9 Å². The minimum atomic E-state index is -5.09. The summed E-state index contributed by atoms with van der Waals surface area (Å²) < 4.78 is 80.8. The molecule has 2 aromatic rings. The minimum Gasteiger partial charge on any atom is -0.354 e. The van der Waals surface area contributed by atoms with Gasteiger partial charge in [-0.25, -0.2) is 0 Å². The summed E-state index contributed by atoms with van der Waals surface area (Å²) >= 11 is 6.07. The Hall–Kier alpha value is -3.28. The van der Waals surface area contributed by atoms with Crippen molar-refractivity contribution in [2.75, 3.05) is 20.1 Å². The van der Waals surface area contributed by atoms with E-state index in [4.69, 9.17) is 11.6 Å². The Bertz CT molecular complexity index is 1310. The van der Waals surface area contributed by atoms with E-state index in [1.54, 1.807) is 29.2 Å². The van der Waals surface area contributed by atoms with E-state index in [0.717, 1.165) is 5.56 Å². The van der Waals surface area contributed by atoms with E-state index in [0.29, 0.717) is 42.8 Å². The van der Waals surface area contributed by atoms with Crippen LogP contribution in [0.3, 0.4) is 0 Å². The Labute approximate surface area is 250 Å². The molecule has 4 rings (SSSR count). The number of carbonyl (C=O) groups is 3. The fourth-order valence-electron chi connectivity index (χ4n) is 6.10. The maximum absolute atomic E-state index is 13.5. The first-order valence-electron chi connectivity index (χ1n) is 13.9. The van der Waals surface area contributed by atoms with E-state index in [9.17, 15) is 40.7 Å². The number of alkyl halides is 6. The maximum Gasteiger partial charge on any atom is 0.416 e. The third-order valence-electron chi connectivity index (χ3n) is 8.32. The van der Waals surface area contributed by atoms with Gasteiger partial charge in [-0.05, 0) is 68.0 Å². The number of nitrogens with one attached hydrogen (secondary N) is 1. The van der Waals surface area contributed by atoms with Crippen molar-refractivity contribution in [3.63, 3.8) is 0 Å². The van der Waals surface area contributed by atoms with Crippen LogP contribution < -0.4 is 5.32 Å². The van der Waals surface area contributed by atoms with Crippen molar-refractivity contribution >= 4 is 29.3 Å². The number of hydrogen-bond donors (Lipinski definition) is 1. The van der Waals surface area contributed by atoms with Crippen LogP contribution >= 0.6 is 11.6 Å². The number of nitrogens with zero attached hydrogens (tertiary/aromatic N) is 2. The van der Waals surface area contributed by atoms with Crippen molar-refractivity contribution in [1.29, 1.82) is 0 Å². The smallest absolute Gasteiger partial charge is 0.354 e. The molecule has 2 unspecified atom stereocenters. The van der Waals surface area contributed by atoms with Crippen molar-refractivity contribution in [3.05, 3.63) is 69.7 Å². The third-order valence-corrected chi connectivity index (χ3v) is 8.57. The minimum absolute atomic E-state index is 0.0129. The summed E-state index contributed by atoms with van der Waals surface area (Å²) in [5, 5.41) is 3.33. The highest BCUT2D eigenvalue weighted by Gasteiger charge is 2.41. The van der Waals surface area contributed by atoms with Crippen LogP contribution in [0.15, 0.2) is 42.5 Å². The summed E-state index contributed by atoms with van der Waals surface area (Å²) in [5.74, 6) is -1.89. The van der Waals surface area contributed by atoms with Gasteiger partial charge in [-0.2, -0.15) is 26.3 Å². The number of benzene rings is 2. The number of likely N-dealkylation sites (tertiary alicyclic amines) is 1. The lowest BCUT2D eigenvalue weighted by molar-refractivity contribution is -0.143. The topological polar surface area (TPSA) is 69.7 Å². The van der Waals surface area contributed by atoms with Gasteiger partial charge in [0, 0.05) is 61.6 Å². The molecular weight excluding hydrogens is 600 g/mol. The summed E-state index contributed by atoms with van der Waals surface area (Å²) in [6.07, 6.45) is -7.38. The molecule has 0 radical (unpaired) electrons. The molecule has 1 aliphatic carbocycles. The molecule has 1 aliphatic heterocycles. The molecule has 6 nitrogen and oxygen atoms in total. The molecule has 234 valence electrons. The predicted octanol–water partition coefficient (Wildman–Crippen LogP) is 6.53. The third kappa shape index (κ3) is 7.82. The van der Waals surface area contributed by atoms with Gasteiger partial charge >= 0.3 is 12.4 Å². The summed E-state index contributed by atoms with van der Waals surface area (Å²) in [5.41, 5.74) is -3.14. The van der Waals surface area contributed by atoms with Crippen LogP contribution in [0.4, 0.5) is 26.3 Å². The zero-order valence-electron chi connectivity index (χ0n) is 23.6. The Morgan fingerprint density at radius 3 is 1.95 bits per heavy atom. The van der Waals surface area contributed by atoms with E-state index < -0.39 is 46.9 Å². The SMILES string of the molecule is CC(=O)NC1CCC(C(=O)N2CCC(N(C)C(=O)c3cc(C(F)(F)F)cc(C(F)(F)F)c3)C(c3ccc(Cl)cc3)C2)CC1. The van der Waals surface area contributed by atoms with Gasteiger partial charge in [-0.3, -0.25) is 14.4 Å². The summed E-state index contributed by atoms with van der Waals surface area (Å²) in [6, 6.07) is 6.99. The van der Waals surface area contributed by atoms with Gasteiger partial charge in [0.05, 0.1) is 11.1 Å². The largest absolute Gasteiger partial charge is 0.416 e. The van der Waals surface area contributed by atoms with Crippen molar-refractivity contribution in [3.8, 4) is 0 Å². The van der Waals surface area contributed by atoms with Gasteiger partial charge in [-0.15, -0.1) is 0 Å². The second kappa shape index (κ2) is 12.8. The Kier molecular flexibility index (Phi) is 9.68. The molecule has 0 bridgehead atoms. The van der Waals surface area contributed by atoms with Gasteiger partial charge in [0.15, 0.2) is 0 Å². The molecule has 0 spiro atoms. The molecule has 2 aromatic carbocycles. The highest BCUT2D eigenvalue weighted by molar-refractivity contribution is 6.30. The summed E-state index contributed by atoms with van der Waals surface area (Å²) in [6.45, 7) is 1.90. The molecule has 1 N–H and O–H groups in total. The summed E-state index contributed by atoms with van der Waals surface area (Å²) in [7, 11) is 1.35. The lowest BCUT2D eigenvalue weighted by Gasteiger charge is -2.44. The van der Waals surface area contributed by atoms with Crippen LogP contribution in [0, 0.1) is 5.92 Å². The van der Waals surface area contributed by atoms with E-state index in [1.807, 2.05) is 0 Å². The molecule has 1 saturated carbocycles. The zero-order chi connectivity index (χ0) is 31.7. The molecule has 43 heavy (non-hydrogen) atoms. The number of likely N-dealkylation sites (N-methyl/N-ethyl adjacent to an activating group) is 1. The molecule has 1 heterocycles. The second-order valence-corrected chi connectivity index (χ2v) is 11.7. The van der Waals surface area contributed by atoms with Gasteiger partial charge in [-0.1, -0.05) is 23.7 Å². The summed E-state index contributed by atoms with van der Waals surface area (Å²) in [4.78, 5) is 41.3. The Balaban J connectivity index is 1.58. The number of piperidine rings is 1. The number of amides is 3. The number of rotatable bonds is 5. The predicted molar refractivity (Wildman–Crippen MR) is 147 cm³/mol. The van der Waals surface area contributed by atoms with Gasteiger partial charge < -0.3 is 15.1 Å². The molecule has 2 atom stereocenters. The molecule has 2 aliphatic rings. The fourth-order valence-corrected chi connectivity index (χ4v) is 6.23. The quantitative estimate of drug-likeness (QED) is 0.382. The standard InChI is InChI=1S/C30H32ClF6N3O3/c1-17(41)38-24-9-5-19(6-10-24)28(43)40-12-11-26(25(16-40)18-3-7-23(31)8-4-18)39(2)27(42)20-13-21(29(32,33)34)15-22(14-20)30(35,36)37/h3-4,7-8,13-15,19,24-26H,5-6,9-12,16H2,1-2H3,(H,38,41). The van der Waals surface area contributed by atoms with E-state index in [2.05, 4.69) is 5.32 Å². The van der Waals surface area contributed by atoms with E-state index in [1.165, 1.54) is 18.9 Å². The van der Waals surface area contributed by atoms with Gasteiger partial charge in [0.25, 0.3) is 5.91 Å². The van der Waals surface area contributed by atoms with Gasteiger partial charge in [0.2, 0.25) is 11.8 Å². The van der Waals surface area contributed by atoms with Crippen molar-refractivity contribution in [1.82, 2.24) is 15.1 Å². The van der Waals surface area contributed by atoms with Crippen molar-refractivity contribution < 1.29 is 40.7 Å². The normalized spacial score (nSPS) is 23.0. The number of halogens is 7. The first-order valence-corrected chi connectivity index (χ1v) is 14.3. The number of carbonyl (C=O) groups excluding carboxylic acids is 3. The lowest BCUT2D eigenvalue weighted by Crippen LogP contribution is -2.53. The fraction of sp³-hybridized carbons (Fsp3) is 0.500. The lowest BCUT2D eigenvalue weighted by atomic mass is 9.82. The molecular formula is C30H32ClF6N3O3. The van der Waals surface area contributed by atoms with Crippen LogP contribution in [0.1, 0.15) is 72.0 Å². The molecule has 1 saturated heterocycles. The average Bonchev–Trinajstić information content (AvgIpc) is 2.95. The highest BCUT2D eigenvalue weighted by atomic mass is 35.5. The molecule has 13 heteroatoms. The monoisotopic (exact) mass is 631 g/mol. The Morgan fingerprint density at radius 1 is 0.884 bits per heavy atom. The van der Waals surface area contributed by atoms with Crippen molar-refractivity contribution in [2.24, 2.45) is 5.92 Å². The first-order chi connectivity index (χ1) is 20.0. The van der Waals surface area contributed by atoms with Gasteiger partial charge in [0.1, 0.15) is 0 Å². The van der Waals surface area contributed by atoms with Crippen LogP contribution in [0.25, 0.3) is 0 Å². The molecule has 3 amide bonds. The van der Waals surface area contributed by atoms with E-state index >= 15 is 0 Å². The average molecular weight is 632 g/mol. The van der Waals surface area contributed by atoms with Crippen LogP contribution in [0.2, 0.25) is 5.02 Å². The zero-order valence-corrected chi connectivity index (χ0v) is 24.3. The van der Waals surface area contributed by atoms with Crippen LogP contribution in [0.5, 0.6) is 0 Å². The highest BCUT2D eigenvalue weighted by Crippen LogP contribution is 2.38. The number of hydrogen-bond acceptors (Lipinski definition) is 3. The maximum atomic E-state index is 13.5. The van der Waals surface area contributed by atoms with Crippen LogP contribution in [-0.4, -0.2) is 59.7 Å². The molecule has 2 fully saturated rings. The Morgan fingerprint density at radius 2 is 1.44 bits per heavy atom. The van der Waals surface area contributed by atoms with E-state index in [-0.39, 0.29) is 49.4 Å². The molecule has 0 aromatic heterocycles. The second-order valence-electron chi connectivity index (χ2n) is 11.3. The van der Waals surface area contributed by atoms with Crippen molar-refractivity contribution in [2.45, 2.75) is 69.4 Å².